The lowest BCUT2D eigenvalue weighted by atomic mass is 9.75. The standard InChI is InChI=1S/C27H37N5O2/c1-34-26-10-6-5-9-25(26)31-15-13-30(14-16-31)19-22-20-32-12-11-21(22)17-24(32)18-28-27(33)29-23-7-3-2-4-8-23/h2-10,21-22,24H,11-20H2,1H3,(H2,28,29,33)/t21-,22-,24+/m0/s1. The average Bonchev–Trinajstić information content (AvgIpc) is 2.89. The molecule has 4 aliphatic rings. The van der Waals surface area contributed by atoms with E-state index in [1.165, 1.54) is 25.1 Å². The van der Waals surface area contributed by atoms with Gasteiger partial charge in [-0.3, -0.25) is 9.80 Å². The summed E-state index contributed by atoms with van der Waals surface area (Å²) in [4.78, 5) is 20.0. The van der Waals surface area contributed by atoms with E-state index in [-0.39, 0.29) is 6.03 Å². The minimum absolute atomic E-state index is 0.113. The molecule has 7 heteroatoms. The lowest BCUT2D eigenvalue weighted by molar-refractivity contribution is -0.0114. The summed E-state index contributed by atoms with van der Waals surface area (Å²) < 4.78 is 5.56. The first-order chi connectivity index (χ1) is 16.7. The monoisotopic (exact) mass is 463 g/mol. The topological polar surface area (TPSA) is 60.1 Å². The predicted molar refractivity (Wildman–Crippen MR) is 137 cm³/mol. The molecule has 4 atom stereocenters. The van der Waals surface area contributed by atoms with Crippen molar-refractivity contribution in [3.63, 3.8) is 0 Å². The molecule has 0 aliphatic carbocycles. The van der Waals surface area contributed by atoms with E-state index in [0.717, 1.165) is 69.1 Å². The van der Waals surface area contributed by atoms with E-state index in [2.05, 4.69) is 37.5 Å². The van der Waals surface area contributed by atoms with Crippen LogP contribution in [0.15, 0.2) is 54.6 Å². The number of amides is 2. The van der Waals surface area contributed by atoms with Crippen molar-refractivity contribution in [3.8, 4) is 5.75 Å². The molecule has 4 fully saturated rings. The fraction of sp³-hybridized carbons (Fsp3) is 0.519. The molecule has 1 unspecified atom stereocenters. The number of anilines is 2. The highest BCUT2D eigenvalue weighted by Crippen LogP contribution is 2.37. The number of piperazine rings is 1. The first-order valence-electron chi connectivity index (χ1n) is 12.6. The van der Waals surface area contributed by atoms with Gasteiger partial charge < -0.3 is 20.3 Å². The number of urea groups is 1. The Bertz CT molecular complexity index is 947. The lowest BCUT2D eigenvalue weighted by Gasteiger charge is -2.51. The summed E-state index contributed by atoms with van der Waals surface area (Å²) in [6.07, 6.45) is 2.48. The van der Waals surface area contributed by atoms with Gasteiger partial charge in [0.15, 0.2) is 0 Å². The molecule has 0 radical (unpaired) electrons. The van der Waals surface area contributed by atoms with Gasteiger partial charge in [-0.05, 0) is 55.5 Å². The lowest BCUT2D eigenvalue weighted by Crippen LogP contribution is -2.59. The van der Waals surface area contributed by atoms with Crippen LogP contribution in [-0.4, -0.2) is 81.3 Å². The van der Waals surface area contributed by atoms with Gasteiger partial charge in [0, 0.05) is 57.5 Å². The second-order valence-electron chi connectivity index (χ2n) is 9.85. The quantitative estimate of drug-likeness (QED) is 0.660. The number of ether oxygens (including phenoxy) is 1. The third-order valence-corrected chi connectivity index (χ3v) is 7.83. The van der Waals surface area contributed by atoms with Crippen LogP contribution in [0.4, 0.5) is 16.2 Å². The first kappa shape index (κ1) is 23.0. The Morgan fingerprint density at radius 1 is 1.00 bits per heavy atom. The van der Waals surface area contributed by atoms with Crippen LogP contribution in [-0.2, 0) is 0 Å². The van der Waals surface area contributed by atoms with E-state index in [1.807, 2.05) is 42.5 Å². The molecule has 0 saturated carbocycles. The van der Waals surface area contributed by atoms with Crippen molar-refractivity contribution in [2.24, 2.45) is 11.8 Å². The minimum Gasteiger partial charge on any atom is -0.495 e. The molecule has 2 aromatic rings. The molecule has 6 rings (SSSR count). The molecule has 2 amide bonds. The maximum Gasteiger partial charge on any atom is 0.319 e. The van der Waals surface area contributed by atoms with E-state index < -0.39 is 0 Å². The Morgan fingerprint density at radius 2 is 1.76 bits per heavy atom. The van der Waals surface area contributed by atoms with E-state index in [0.29, 0.717) is 6.04 Å². The number of hydrogen-bond donors (Lipinski definition) is 2. The summed E-state index contributed by atoms with van der Waals surface area (Å²) in [5.41, 5.74) is 2.04. The summed E-state index contributed by atoms with van der Waals surface area (Å²) in [6, 6.07) is 18.3. The number of para-hydroxylation sites is 3. The summed E-state index contributed by atoms with van der Waals surface area (Å²) in [5, 5.41) is 6.02. The van der Waals surface area contributed by atoms with Crippen molar-refractivity contribution in [1.29, 1.82) is 0 Å². The van der Waals surface area contributed by atoms with E-state index in [9.17, 15) is 4.79 Å². The van der Waals surface area contributed by atoms with Crippen LogP contribution in [0.3, 0.4) is 0 Å². The Balaban J connectivity index is 1.07. The van der Waals surface area contributed by atoms with Crippen molar-refractivity contribution in [3.05, 3.63) is 54.6 Å². The molecule has 182 valence electrons. The predicted octanol–water partition coefficient (Wildman–Crippen LogP) is 3.35. The van der Waals surface area contributed by atoms with Crippen LogP contribution >= 0.6 is 0 Å². The smallest absolute Gasteiger partial charge is 0.319 e. The van der Waals surface area contributed by atoms with Crippen LogP contribution in [0, 0.1) is 11.8 Å². The molecule has 4 saturated heterocycles. The zero-order valence-corrected chi connectivity index (χ0v) is 20.2. The van der Waals surface area contributed by atoms with Gasteiger partial charge in [-0.2, -0.15) is 0 Å². The van der Waals surface area contributed by atoms with Gasteiger partial charge in [0.05, 0.1) is 12.8 Å². The number of hydrogen-bond acceptors (Lipinski definition) is 5. The maximum atomic E-state index is 12.3. The Morgan fingerprint density at radius 3 is 2.50 bits per heavy atom. The SMILES string of the molecule is COc1ccccc1N1CCN(C[C@H]2CN3CC[C@H]2C[C@@H]3CNC(=O)Nc2ccccc2)CC1. The van der Waals surface area contributed by atoms with Crippen molar-refractivity contribution in [2.45, 2.75) is 18.9 Å². The van der Waals surface area contributed by atoms with E-state index >= 15 is 0 Å². The number of fused-ring (bicyclic) bond motifs is 3. The number of methoxy groups -OCH3 is 1. The average molecular weight is 464 g/mol. The molecule has 34 heavy (non-hydrogen) atoms. The fourth-order valence-corrected chi connectivity index (χ4v) is 5.97. The van der Waals surface area contributed by atoms with Crippen molar-refractivity contribution in [1.82, 2.24) is 15.1 Å². The molecular weight excluding hydrogens is 426 g/mol. The summed E-state index contributed by atoms with van der Waals surface area (Å²) in [7, 11) is 1.75. The summed E-state index contributed by atoms with van der Waals surface area (Å²) in [5.74, 6) is 2.47. The van der Waals surface area contributed by atoms with Crippen molar-refractivity contribution >= 4 is 17.4 Å². The van der Waals surface area contributed by atoms with Crippen LogP contribution in [0.2, 0.25) is 0 Å². The zero-order valence-electron chi connectivity index (χ0n) is 20.2. The summed E-state index contributed by atoms with van der Waals surface area (Å²) in [6.45, 7) is 8.53. The van der Waals surface area contributed by atoms with Crippen LogP contribution < -0.4 is 20.3 Å². The van der Waals surface area contributed by atoms with E-state index in [4.69, 9.17) is 4.74 Å². The highest BCUT2D eigenvalue weighted by atomic mass is 16.5. The number of nitrogens with zero attached hydrogens (tertiary/aromatic N) is 3. The molecular formula is C27H37N5O2. The van der Waals surface area contributed by atoms with Crippen LogP contribution in [0.25, 0.3) is 0 Å². The second-order valence-corrected chi connectivity index (χ2v) is 9.85. The first-order valence-corrected chi connectivity index (χ1v) is 12.6. The third kappa shape index (κ3) is 5.31. The van der Waals surface area contributed by atoms with E-state index in [1.54, 1.807) is 7.11 Å². The van der Waals surface area contributed by atoms with Gasteiger partial charge >= 0.3 is 6.03 Å². The molecule has 0 spiro atoms. The largest absolute Gasteiger partial charge is 0.495 e. The molecule has 4 aliphatic heterocycles. The third-order valence-electron chi connectivity index (χ3n) is 7.83. The normalized spacial score (nSPS) is 26.8. The van der Waals surface area contributed by atoms with Gasteiger partial charge in [-0.1, -0.05) is 30.3 Å². The summed E-state index contributed by atoms with van der Waals surface area (Å²) >= 11 is 0. The Hall–Kier alpha value is -2.77. The Kier molecular flexibility index (Phi) is 7.21. The second kappa shape index (κ2) is 10.7. The van der Waals surface area contributed by atoms with Crippen molar-refractivity contribution < 1.29 is 9.53 Å². The van der Waals surface area contributed by atoms with Crippen LogP contribution in [0.1, 0.15) is 12.8 Å². The number of piperidine rings is 3. The highest BCUT2D eigenvalue weighted by Gasteiger charge is 2.40. The fourth-order valence-electron chi connectivity index (χ4n) is 5.97. The number of nitrogens with one attached hydrogen (secondary N) is 2. The van der Waals surface area contributed by atoms with Gasteiger partial charge in [0.1, 0.15) is 5.75 Å². The zero-order chi connectivity index (χ0) is 23.3. The maximum absolute atomic E-state index is 12.3. The molecule has 7 nitrogen and oxygen atoms in total. The highest BCUT2D eigenvalue weighted by molar-refractivity contribution is 5.89. The van der Waals surface area contributed by atoms with Gasteiger partial charge in [0.2, 0.25) is 0 Å². The van der Waals surface area contributed by atoms with Crippen molar-refractivity contribution in [2.75, 3.05) is 69.7 Å². The molecule has 2 N–H and O–H groups in total. The van der Waals surface area contributed by atoms with Gasteiger partial charge in [-0.25, -0.2) is 4.79 Å². The van der Waals surface area contributed by atoms with Gasteiger partial charge in [-0.15, -0.1) is 0 Å². The van der Waals surface area contributed by atoms with Gasteiger partial charge in [0.25, 0.3) is 0 Å². The number of carbonyl (C=O) groups is 1. The number of benzene rings is 2. The molecule has 2 aromatic carbocycles. The minimum atomic E-state index is -0.113. The number of rotatable bonds is 7. The van der Waals surface area contributed by atoms with Crippen LogP contribution in [0.5, 0.6) is 5.75 Å². The molecule has 4 heterocycles. The Labute approximate surface area is 203 Å². The molecule has 0 aromatic heterocycles. The number of carbonyl (C=O) groups excluding carboxylic acids is 1. The molecule has 2 bridgehead atoms.